The molecule has 1 aromatic carbocycles. The topological polar surface area (TPSA) is 80.6 Å². The van der Waals surface area contributed by atoms with Gasteiger partial charge in [-0.25, -0.2) is 0 Å². The van der Waals surface area contributed by atoms with Gasteiger partial charge < -0.3 is 24.8 Å². The van der Waals surface area contributed by atoms with Crippen LogP contribution in [0.4, 0.5) is 11.5 Å². The van der Waals surface area contributed by atoms with Crippen LogP contribution >= 0.6 is 0 Å². The zero-order chi connectivity index (χ0) is 24.2. The molecule has 1 N–H and O–H groups in total. The Hall–Kier alpha value is -2.89. The number of hydrogen-bond donors (Lipinski definition) is 1. The molecule has 0 saturated carbocycles. The quantitative estimate of drug-likeness (QED) is 0.683. The van der Waals surface area contributed by atoms with Crippen LogP contribution in [0, 0.1) is 18.3 Å². The van der Waals surface area contributed by atoms with Crippen LogP contribution in [0.5, 0.6) is 6.01 Å². The zero-order valence-electron chi connectivity index (χ0n) is 21.0. The molecule has 3 aliphatic rings. The Balaban J connectivity index is 1.46. The SMILES string of the molecule is Cc1ccccc1N1CCCc2c(nc(OC[C@@H]3CCCN3C)nc2N2CCN[C@@H](CC#N)C2)C1. The molecule has 1 aromatic heterocycles. The van der Waals surface area contributed by atoms with E-state index in [1.165, 1.54) is 23.2 Å². The number of nitriles is 1. The van der Waals surface area contributed by atoms with Crippen LogP contribution in [-0.2, 0) is 13.0 Å². The number of likely N-dealkylation sites (N-methyl/N-ethyl adjacent to an activating group) is 1. The summed E-state index contributed by atoms with van der Waals surface area (Å²) in [7, 11) is 2.17. The van der Waals surface area contributed by atoms with Crippen molar-refractivity contribution in [1.29, 1.82) is 5.26 Å². The van der Waals surface area contributed by atoms with Crippen molar-refractivity contribution in [1.82, 2.24) is 20.2 Å². The largest absolute Gasteiger partial charge is 0.462 e. The minimum absolute atomic E-state index is 0.158. The van der Waals surface area contributed by atoms with Gasteiger partial charge in [0.2, 0.25) is 0 Å². The first-order chi connectivity index (χ1) is 17.1. The molecule has 0 unspecified atom stereocenters. The van der Waals surface area contributed by atoms with Crippen LogP contribution in [0.15, 0.2) is 24.3 Å². The highest BCUT2D eigenvalue weighted by Crippen LogP contribution is 2.32. The molecule has 5 rings (SSSR count). The van der Waals surface area contributed by atoms with Gasteiger partial charge in [0, 0.05) is 49.5 Å². The van der Waals surface area contributed by atoms with Gasteiger partial charge >= 0.3 is 6.01 Å². The van der Waals surface area contributed by atoms with Crippen LogP contribution in [0.3, 0.4) is 0 Å². The molecule has 4 heterocycles. The monoisotopic (exact) mass is 475 g/mol. The third-order valence-electron chi connectivity index (χ3n) is 7.67. The zero-order valence-corrected chi connectivity index (χ0v) is 21.0. The van der Waals surface area contributed by atoms with Crippen molar-refractivity contribution < 1.29 is 4.74 Å². The van der Waals surface area contributed by atoms with E-state index in [1.807, 2.05) is 0 Å². The molecule has 0 amide bonds. The number of piperazine rings is 1. The second-order valence-corrected chi connectivity index (χ2v) is 10.1. The number of likely N-dealkylation sites (tertiary alicyclic amines) is 1. The van der Waals surface area contributed by atoms with Crippen molar-refractivity contribution in [2.75, 3.05) is 56.2 Å². The van der Waals surface area contributed by atoms with Gasteiger partial charge in [0.05, 0.1) is 24.7 Å². The van der Waals surface area contributed by atoms with E-state index in [4.69, 9.17) is 14.7 Å². The van der Waals surface area contributed by atoms with Gasteiger partial charge in [0.15, 0.2) is 0 Å². The summed E-state index contributed by atoms with van der Waals surface area (Å²) in [5.74, 6) is 1.00. The Morgan fingerprint density at radius 3 is 2.83 bits per heavy atom. The van der Waals surface area contributed by atoms with Crippen LogP contribution in [0.1, 0.15) is 42.5 Å². The summed E-state index contributed by atoms with van der Waals surface area (Å²) < 4.78 is 6.26. The van der Waals surface area contributed by atoms with Gasteiger partial charge in [0.25, 0.3) is 0 Å². The number of aryl methyl sites for hydroxylation is 1. The number of nitrogens with one attached hydrogen (secondary N) is 1. The fourth-order valence-corrected chi connectivity index (χ4v) is 5.66. The summed E-state index contributed by atoms with van der Waals surface area (Å²) in [6.07, 6.45) is 4.88. The van der Waals surface area contributed by atoms with E-state index in [2.05, 4.69) is 64.3 Å². The standard InChI is InChI=1S/C27H37N7O/c1-20-7-3-4-10-25(20)33-15-6-9-23-24(18-33)30-27(35-19-22-8-5-14-32(22)2)31-26(23)34-16-13-29-21(17-34)11-12-28/h3-4,7,10,21-22,29H,5-6,8-9,11,13-19H2,1-2H3/t21-,22-/m0/s1. The Morgan fingerprint density at radius 2 is 2.03 bits per heavy atom. The van der Waals surface area contributed by atoms with E-state index < -0.39 is 0 Å². The minimum atomic E-state index is 0.158. The van der Waals surface area contributed by atoms with Crippen molar-refractivity contribution in [3.63, 3.8) is 0 Å². The van der Waals surface area contributed by atoms with Crippen molar-refractivity contribution in [2.45, 2.75) is 57.7 Å². The number of fused-ring (bicyclic) bond motifs is 1. The van der Waals surface area contributed by atoms with Gasteiger partial charge in [-0.05, 0) is 57.8 Å². The highest BCUT2D eigenvalue weighted by atomic mass is 16.5. The molecule has 2 saturated heterocycles. The number of aromatic nitrogens is 2. The first-order valence-electron chi connectivity index (χ1n) is 13.0. The summed E-state index contributed by atoms with van der Waals surface area (Å²) in [4.78, 5) is 17.1. The fraction of sp³-hybridized carbons (Fsp3) is 0.593. The minimum Gasteiger partial charge on any atom is -0.462 e. The van der Waals surface area contributed by atoms with Gasteiger partial charge in [-0.2, -0.15) is 15.2 Å². The van der Waals surface area contributed by atoms with E-state index in [1.54, 1.807) is 0 Å². The number of rotatable bonds is 6. The number of benzene rings is 1. The third-order valence-corrected chi connectivity index (χ3v) is 7.67. The molecule has 186 valence electrons. The van der Waals surface area contributed by atoms with Crippen LogP contribution < -0.4 is 19.9 Å². The molecule has 8 nitrogen and oxygen atoms in total. The van der Waals surface area contributed by atoms with E-state index in [0.717, 1.165) is 70.0 Å². The molecule has 2 fully saturated rings. The van der Waals surface area contributed by atoms with Crippen molar-refractivity contribution in [3.8, 4) is 12.1 Å². The van der Waals surface area contributed by atoms with Gasteiger partial charge in [0.1, 0.15) is 12.4 Å². The van der Waals surface area contributed by atoms with Crippen LogP contribution in [-0.4, -0.2) is 73.3 Å². The Morgan fingerprint density at radius 1 is 1.14 bits per heavy atom. The number of anilines is 2. The number of hydrogen-bond acceptors (Lipinski definition) is 8. The van der Waals surface area contributed by atoms with E-state index >= 15 is 0 Å². The second-order valence-electron chi connectivity index (χ2n) is 10.1. The molecule has 8 heteroatoms. The third kappa shape index (κ3) is 5.36. The molecule has 0 radical (unpaired) electrons. The normalized spacial score (nSPS) is 23.0. The van der Waals surface area contributed by atoms with Gasteiger partial charge in [-0.15, -0.1) is 0 Å². The number of nitrogens with zero attached hydrogens (tertiary/aromatic N) is 6. The molecule has 35 heavy (non-hydrogen) atoms. The maximum atomic E-state index is 9.24. The molecular weight excluding hydrogens is 438 g/mol. The van der Waals surface area contributed by atoms with Crippen molar-refractivity contribution >= 4 is 11.5 Å². The maximum Gasteiger partial charge on any atom is 0.318 e. The first kappa shape index (κ1) is 23.8. The fourth-order valence-electron chi connectivity index (χ4n) is 5.66. The smallest absolute Gasteiger partial charge is 0.318 e. The lowest BCUT2D eigenvalue weighted by Crippen LogP contribution is -2.51. The number of para-hydroxylation sites is 1. The molecule has 2 atom stereocenters. The van der Waals surface area contributed by atoms with Crippen LogP contribution in [0.25, 0.3) is 0 Å². The lowest BCUT2D eigenvalue weighted by atomic mass is 10.1. The summed E-state index contributed by atoms with van der Waals surface area (Å²) in [6, 6.07) is 12.0. The van der Waals surface area contributed by atoms with E-state index in [0.29, 0.717) is 25.1 Å². The summed E-state index contributed by atoms with van der Waals surface area (Å²) >= 11 is 0. The molecule has 0 aliphatic carbocycles. The Bertz CT molecular complexity index is 1070. The van der Waals surface area contributed by atoms with Crippen molar-refractivity contribution in [2.24, 2.45) is 0 Å². The van der Waals surface area contributed by atoms with Crippen LogP contribution in [0.2, 0.25) is 0 Å². The van der Waals surface area contributed by atoms with E-state index in [-0.39, 0.29) is 6.04 Å². The molecule has 2 aromatic rings. The summed E-state index contributed by atoms with van der Waals surface area (Å²) in [5.41, 5.74) is 4.86. The molecule has 0 spiro atoms. The summed E-state index contributed by atoms with van der Waals surface area (Å²) in [6.45, 7) is 8.16. The van der Waals surface area contributed by atoms with E-state index in [9.17, 15) is 5.26 Å². The van der Waals surface area contributed by atoms with Crippen molar-refractivity contribution in [3.05, 3.63) is 41.1 Å². The Labute approximate surface area is 208 Å². The lowest BCUT2D eigenvalue weighted by Gasteiger charge is -2.35. The Kier molecular flexibility index (Phi) is 7.35. The predicted molar refractivity (Wildman–Crippen MR) is 138 cm³/mol. The maximum absolute atomic E-state index is 9.24. The average Bonchev–Trinajstić information content (AvgIpc) is 3.15. The second kappa shape index (κ2) is 10.8. The first-order valence-corrected chi connectivity index (χ1v) is 13.0. The lowest BCUT2D eigenvalue weighted by molar-refractivity contribution is 0.187. The van der Waals surface area contributed by atoms with Gasteiger partial charge in [-0.3, -0.25) is 0 Å². The predicted octanol–water partition coefficient (Wildman–Crippen LogP) is 2.90. The molecule has 3 aliphatic heterocycles. The molecular formula is C27H37N7O. The summed E-state index contributed by atoms with van der Waals surface area (Å²) in [5, 5.41) is 12.7. The number of ether oxygens (including phenoxy) is 1. The highest BCUT2D eigenvalue weighted by Gasteiger charge is 2.28. The average molecular weight is 476 g/mol. The molecule has 0 bridgehead atoms. The van der Waals surface area contributed by atoms with Gasteiger partial charge in [-0.1, -0.05) is 18.2 Å². The highest BCUT2D eigenvalue weighted by molar-refractivity contribution is 5.57.